The zero-order valence-electron chi connectivity index (χ0n) is 16.8. The smallest absolute Gasteiger partial charge is 0.286 e. The second-order valence-corrected chi connectivity index (χ2v) is 8.10. The number of aromatic nitrogens is 2. The van der Waals surface area contributed by atoms with Crippen molar-refractivity contribution in [2.24, 2.45) is 0 Å². The lowest BCUT2D eigenvalue weighted by atomic mass is 9.94. The molecule has 1 heterocycles. The molecule has 2 N–H and O–H groups in total. The molecule has 1 aliphatic rings. The highest BCUT2D eigenvalue weighted by Gasteiger charge is 2.19. The Labute approximate surface area is 174 Å². The molecule has 1 aromatic carbocycles. The van der Waals surface area contributed by atoms with Crippen LogP contribution in [-0.2, 0) is 0 Å². The van der Waals surface area contributed by atoms with Crippen molar-refractivity contribution in [2.45, 2.75) is 38.1 Å². The largest absolute Gasteiger partial charge is 0.497 e. The van der Waals surface area contributed by atoms with Crippen LogP contribution in [0.5, 0.6) is 5.75 Å². The highest BCUT2D eigenvalue weighted by atomic mass is 32.1. The van der Waals surface area contributed by atoms with E-state index in [1.54, 1.807) is 31.4 Å². The summed E-state index contributed by atoms with van der Waals surface area (Å²) in [7, 11) is 3.68. The topological polar surface area (TPSA) is 96.5 Å². The summed E-state index contributed by atoms with van der Waals surface area (Å²) in [6.45, 7) is 1.33. The minimum atomic E-state index is -0.399. The van der Waals surface area contributed by atoms with Gasteiger partial charge in [0.15, 0.2) is 0 Å². The van der Waals surface area contributed by atoms with E-state index < -0.39 is 5.91 Å². The summed E-state index contributed by atoms with van der Waals surface area (Å²) in [5.74, 6) is -0.00112. The lowest BCUT2D eigenvalue weighted by Gasteiger charge is -2.31. The van der Waals surface area contributed by atoms with E-state index in [4.69, 9.17) is 4.74 Å². The van der Waals surface area contributed by atoms with Crippen molar-refractivity contribution >= 4 is 28.8 Å². The number of likely N-dealkylation sites (N-methyl/N-ethyl adjacent to an activating group) is 1. The van der Waals surface area contributed by atoms with Gasteiger partial charge in [0.2, 0.25) is 10.0 Å². The molecular weight excluding hydrogens is 390 g/mol. The molecule has 1 aliphatic carbocycles. The first-order valence-electron chi connectivity index (χ1n) is 9.84. The van der Waals surface area contributed by atoms with Crippen molar-refractivity contribution in [3.8, 4) is 5.75 Å². The van der Waals surface area contributed by atoms with E-state index in [-0.39, 0.29) is 15.9 Å². The Hall–Kier alpha value is -2.52. The number of carbonyl (C=O) groups is 2. The SMILES string of the molecule is COc1ccc(NC(=O)c2nnc(C(=O)NCCN(C)C3CCCCC3)s2)cc1. The lowest BCUT2D eigenvalue weighted by Crippen LogP contribution is -2.39. The molecule has 1 aromatic heterocycles. The molecule has 0 saturated heterocycles. The maximum Gasteiger partial charge on any atom is 0.286 e. The molecule has 0 aliphatic heterocycles. The van der Waals surface area contributed by atoms with E-state index in [9.17, 15) is 9.59 Å². The Kier molecular flexibility index (Phi) is 7.54. The van der Waals surface area contributed by atoms with Crippen LogP contribution in [0.15, 0.2) is 24.3 Å². The van der Waals surface area contributed by atoms with Crippen molar-refractivity contribution in [2.75, 3.05) is 32.6 Å². The van der Waals surface area contributed by atoms with Gasteiger partial charge in [-0.2, -0.15) is 0 Å². The number of hydrogen-bond donors (Lipinski definition) is 2. The molecule has 2 amide bonds. The molecule has 156 valence electrons. The van der Waals surface area contributed by atoms with Crippen LogP contribution in [0.4, 0.5) is 5.69 Å². The fourth-order valence-electron chi connectivity index (χ4n) is 3.39. The maximum absolute atomic E-state index is 12.3. The summed E-state index contributed by atoms with van der Waals surface area (Å²) in [5.41, 5.74) is 0.614. The predicted octanol–water partition coefficient (Wildman–Crippen LogP) is 2.79. The molecule has 0 unspecified atom stereocenters. The third-order valence-corrected chi connectivity index (χ3v) is 6.03. The molecule has 29 heavy (non-hydrogen) atoms. The number of nitrogens with zero attached hydrogens (tertiary/aromatic N) is 3. The quantitative estimate of drug-likeness (QED) is 0.686. The first-order valence-corrected chi connectivity index (χ1v) is 10.7. The molecule has 1 saturated carbocycles. The van der Waals surface area contributed by atoms with E-state index in [1.807, 2.05) is 0 Å². The average Bonchev–Trinajstić information content (AvgIpc) is 3.25. The molecule has 0 radical (unpaired) electrons. The van der Waals surface area contributed by atoms with Gasteiger partial charge in [-0.25, -0.2) is 0 Å². The molecule has 8 nitrogen and oxygen atoms in total. The highest BCUT2D eigenvalue weighted by molar-refractivity contribution is 7.15. The average molecular weight is 418 g/mol. The van der Waals surface area contributed by atoms with Gasteiger partial charge in [0, 0.05) is 24.8 Å². The summed E-state index contributed by atoms with van der Waals surface area (Å²) >= 11 is 0.978. The zero-order chi connectivity index (χ0) is 20.6. The van der Waals surface area contributed by atoms with Crippen LogP contribution < -0.4 is 15.4 Å². The van der Waals surface area contributed by atoms with Crippen molar-refractivity contribution in [3.05, 3.63) is 34.3 Å². The zero-order valence-corrected chi connectivity index (χ0v) is 17.6. The Balaban J connectivity index is 1.46. The Morgan fingerprint density at radius 1 is 1.10 bits per heavy atom. The molecule has 3 rings (SSSR count). The number of nitrogens with one attached hydrogen (secondary N) is 2. The van der Waals surface area contributed by atoms with Crippen LogP contribution in [0.3, 0.4) is 0 Å². The van der Waals surface area contributed by atoms with Gasteiger partial charge in [0.1, 0.15) is 5.75 Å². The second-order valence-electron chi connectivity index (χ2n) is 7.12. The van der Waals surface area contributed by atoms with E-state index in [0.29, 0.717) is 24.0 Å². The summed E-state index contributed by atoms with van der Waals surface area (Å²) in [5, 5.41) is 13.6. The number of amides is 2. The molecule has 0 spiro atoms. The monoisotopic (exact) mass is 417 g/mol. The lowest BCUT2D eigenvalue weighted by molar-refractivity contribution is 0.0942. The Morgan fingerprint density at radius 3 is 2.41 bits per heavy atom. The van der Waals surface area contributed by atoms with Crippen LogP contribution in [0.1, 0.15) is 51.7 Å². The van der Waals surface area contributed by atoms with E-state index in [2.05, 4.69) is 32.8 Å². The van der Waals surface area contributed by atoms with Crippen LogP contribution in [0, 0.1) is 0 Å². The Bertz CT molecular complexity index is 818. The summed E-state index contributed by atoms with van der Waals surface area (Å²) in [4.78, 5) is 26.9. The predicted molar refractivity (Wildman–Crippen MR) is 113 cm³/mol. The molecule has 1 fully saturated rings. The van der Waals surface area contributed by atoms with Crippen molar-refractivity contribution in [1.29, 1.82) is 0 Å². The number of hydrogen-bond acceptors (Lipinski definition) is 7. The van der Waals surface area contributed by atoms with Crippen molar-refractivity contribution in [1.82, 2.24) is 20.4 Å². The molecule has 0 bridgehead atoms. The normalized spacial score (nSPS) is 14.6. The highest BCUT2D eigenvalue weighted by Crippen LogP contribution is 2.21. The first-order chi connectivity index (χ1) is 14.1. The third-order valence-electron chi connectivity index (χ3n) is 5.11. The van der Waals surface area contributed by atoms with Crippen LogP contribution in [0.25, 0.3) is 0 Å². The van der Waals surface area contributed by atoms with Gasteiger partial charge in [-0.15, -0.1) is 10.2 Å². The van der Waals surface area contributed by atoms with E-state index >= 15 is 0 Å². The van der Waals surface area contributed by atoms with Crippen LogP contribution in [0.2, 0.25) is 0 Å². The number of anilines is 1. The maximum atomic E-state index is 12.3. The fraction of sp³-hybridized carbons (Fsp3) is 0.500. The van der Waals surface area contributed by atoms with Gasteiger partial charge in [0.25, 0.3) is 11.8 Å². The van der Waals surface area contributed by atoms with Crippen LogP contribution in [-0.4, -0.2) is 60.2 Å². The number of ether oxygens (including phenoxy) is 1. The van der Waals surface area contributed by atoms with Crippen molar-refractivity contribution < 1.29 is 14.3 Å². The molecular formula is C20H27N5O3S. The number of methoxy groups -OCH3 is 1. The summed E-state index contributed by atoms with van der Waals surface area (Å²) < 4.78 is 5.09. The Morgan fingerprint density at radius 2 is 1.76 bits per heavy atom. The van der Waals surface area contributed by atoms with Gasteiger partial charge in [-0.05, 0) is 44.2 Å². The second kappa shape index (κ2) is 10.3. The third kappa shape index (κ3) is 5.98. The molecule has 0 atom stereocenters. The summed E-state index contributed by atoms with van der Waals surface area (Å²) in [6.07, 6.45) is 6.36. The van der Waals surface area contributed by atoms with E-state index in [0.717, 1.165) is 17.9 Å². The summed E-state index contributed by atoms with van der Waals surface area (Å²) in [6, 6.07) is 7.57. The molecule has 9 heteroatoms. The first kappa shape index (κ1) is 21.2. The van der Waals surface area contributed by atoms with Crippen LogP contribution >= 0.6 is 11.3 Å². The van der Waals surface area contributed by atoms with E-state index in [1.165, 1.54) is 32.1 Å². The molecule has 2 aromatic rings. The van der Waals surface area contributed by atoms with Gasteiger partial charge in [-0.1, -0.05) is 30.6 Å². The van der Waals surface area contributed by atoms with Crippen molar-refractivity contribution in [3.63, 3.8) is 0 Å². The standard InChI is InChI=1S/C20H27N5O3S/c1-25(15-6-4-3-5-7-15)13-12-21-17(26)19-23-24-20(29-19)18(27)22-14-8-10-16(28-2)11-9-14/h8-11,15H,3-7,12-13H2,1-2H3,(H,21,26)(H,22,27). The van der Waals surface area contributed by atoms with Gasteiger partial charge in [-0.3, -0.25) is 9.59 Å². The minimum absolute atomic E-state index is 0.144. The van der Waals surface area contributed by atoms with Gasteiger partial charge in [0.05, 0.1) is 7.11 Å². The van der Waals surface area contributed by atoms with Gasteiger partial charge < -0.3 is 20.3 Å². The number of benzene rings is 1. The van der Waals surface area contributed by atoms with Gasteiger partial charge >= 0.3 is 0 Å². The number of rotatable bonds is 8. The fourth-order valence-corrected chi connectivity index (χ4v) is 4.05. The number of carbonyl (C=O) groups excluding carboxylic acids is 2. The minimum Gasteiger partial charge on any atom is -0.497 e.